The van der Waals surface area contributed by atoms with Gasteiger partial charge in [0.2, 0.25) is 0 Å². The van der Waals surface area contributed by atoms with Crippen LogP contribution in [0.2, 0.25) is 0 Å². The van der Waals surface area contributed by atoms with Crippen molar-refractivity contribution in [1.82, 2.24) is 14.0 Å². The van der Waals surface area contributed by atoms with Crippen LogP contribution in [0.4, 0.5) is 0 Å². The summed E-state index contributed by atoms with van der Waals surface area (Å²) >= 11 is 0. The zero-order valence-corrected chi connectivity index (χ0v) is 15.3. The fraction of sp³-hybridized carbons (Fsp3) is 0.143. The maximum atomic E-state index is 11.3. The van der Waals surface area contributed by atoms with E-state index < -0.39 is 5.97 Å². The highest BCUT2D eigenvalue weighted by Gasteiger charge is 2.17. The molecule has 0 spiro atoms. The van der Waals surface area contributed by atoms with Gasteiger partial charge in [-0.05, 0) is 31.2 Å². The standard InChI is InChI=1S/C21H19N5O2/c1-14-20(24-19-13-16(21(27)28)6-10-25(14)19)18-12-15-4-2-3-5-17(15)26(18)11-9-23-8-7-22/h2-8,10,12-13,22H,9,11H2,1H3,(H,27,28). The Morgan fingerprint density at radius 1 is 1.29 bits per heavy atom. The Bertz CT molecular complexity index is 1230. The van der Waals surface area contributed by atoms with Gasteiger partial charge in [0.25, 0.3) is 0 Å². The summed E-state index contributed by atoms with van der Waals surface area (Å²) in [5.74, 6) is -0.970. The van der Waals surface area contributed by atoms with Gasteiger partial charge in [-0.2, -0.15) is 0 Å². The van der Waals surface area contributed by atoms with Gasteiger partial charge in [-0.1, -0.05) is 18.2 Å². The molecular weight excluding hydrogens is 354 g/mol. The predicted molar refractivity (Wildman–Crippen MR) is 110 cm³/mol. The molecule has 0 atom stereocenters. The number of carboxylic acid groups (broad SMARTS) is 1. The van der Waals surface area contributed by atoms with E-state index in [0.29, 0.717) is 18.7 Å². The van der Waals surface area contributed by atoms with Gasteiger partial charge < -0.3 is 19.5 Å². The summed E-state index contributed by atoms with van der Waals surface area (Å²) in [6, 6.07) is 13.4. The summed E-state index contributed by atoms with van der Waals surface area (Å²) < 4.78 is 4.07. The van der Waals surface area contributed by atoms with Gasteiger partial charge in [0.15, 0.2) is 0 Å². The van der Waals surface area contributed by atoms with Gasteiger partial charge in [0.1, 0.15) is 11.3 Å². The third-order valence-electron chi connectivity index (χ3n) is 4.80. The maximum Gasteiger partial charge on any atom is 0.335 e. The normalized spacial score (nSPS) is 11.6. The molecule has 0 saturated heterocycles. The lowest BCUT2D eigenvalue weighted by Crippen LogP contribution is -2.04. The molecule has 0 radical (unpaired) electrons. The van der Waals surface area contributed by atoms with E-state index in [-0.39, 0.29) is 5.56 Å². The molecule has 3 heterocycles. The Labute approximate surface area is 161 Å². The fourth-order valence-corrected chi connectivity index (χ4v) is 3.48. The van der Waals surface area contributed by atoms with E-state index in [1.54, 1.807) is 18.3 Å². The highest BCUT2D eigenvalue weighted by atomic mass is 16.4. The van der Waals surface area contributed by atoms with Crippen LogP contribution in [0.5, 0.6) is 0 Å². The lowest BCUT2D eigenvalue weighted by molar-refractivity contribution is 0.0697. The first-order valence-corrected chi connectivity index (χ1v) is 8.89. The summed E-state index contributed by atoms with van der Waals surface area (Å²) in [4.78, 5) is 20.2. The Hall–Kier alpha value is -3.74. The van der Waals surface area contributed by atoms with E-state index in [2.05, 4.69) is 27.8 Å². The highest BCUT2D eigenvalue weighted by molar-refractivity contribution is 6.14. The van der Waals surface area contributed by atoms with E-state index in [0.717, 1.165) is 28.0 Å². The third-order valence-corrected chi connectivity index (χ3v) is 4.80. The monoisotopic (exact) mass is 373 g/mol. The number of hydrogen-bond donors (Lipinski definition) is 2. The fourth-order valence-electron chi connectivity index (χ4n) is 3.48. The number of para-hydroxylation sites is 1. The van der Waals surface area contributed by atoms with Crippen LogP contribution in [0.15, 0.2) is 53.7 Å². The molecule has 3 aromatic heterocycles. The van der Waals surface area contributed by atoms with Crippen molar-refractivity contribution < 1.29 is 9.90 Å². The van der Waals surface area contributed by atoms with Gasteiger partial charge >= 0.3 is 5.97 Å². The van der Waals surface area contributed by atoms with Crippen LogP contribution in [0.25, 0.3) is 27.9 Å². The number of aryl methyl sites for hydroxylation is 1. The van der Waals surface area contributed by atoms with Gasteiger partial charge in [0, 0.05) is 41.8 Å². The average molecular weight is 373 g/mol. The van der Waals surface area contributed by atoms with Crippen LogP contribution in [0.1, 0.15) is 16.1 Å². The zero-order valence-electron chi connectivity index (χ0n) is 15.3. The van der Waals surface area contributed by atoms with Crippen LogP contribution in [0.3, 0.4) is 0 Å². The SMILES string of the molecule is Cc1c(-c2cc3ccccc3n2CCN=CC=N)nc2cc(C(=O)O)ccn12. The molecule has 0 fully saturated rings. The molecule has 1 aromatic carbocycles. The van der Waals surface area contributed by atoms with E-state index in [4.69, 9.17) is 10.4 Å². The minimum atomic E-state index is -0.970. The van der Waals surface area contributed by atoms with Crippen LogP contribution in [-0.2, 0) is 6.54 Å². The number of imidazole rings is 1. The number of pyridine rings is 1. The summed E-state index contributed by atoms with van der Waals surface area (Å²) in [5.41, 5.74) is 4.62. The topological polar surface area (TPSA) is 95.7 Å². The van der Waals surface area contributed by atoms with Gasteiger partial charge in [0.05, 0.1) is 17.8 Å². The Kier molecular flexibility index (Phi) is 4.49. The molecule has 2 N–H and O–H groups in total. The molecule has 7 heteroatoms. The van der Waals surface area contributed by atoms with Gasteiger partial charge in [-0.3, -0.25) is 4.99 Å². The molecule has 0 bridgehead atoms. The van der Waals surface area contributed by atoms with Crippen LogP contribution in [0, 0.1) is 12.3 Å². The van der Waals surface area contributed by atoms with Gasteiger partial charge in [-0.15, -0.1) is 0 Å². The molecule has 0 amide bonds. The van der Waals surface area contributed by atoms with Crippen molar-refractivity contribution in [3.63, 3.8) is 0 Å². The molecule has 0 aliphatic carbocycles. The Morgan fingerprint density at radius 2 is 2.11 bits per heavy atom. The number of aliphatic imine (C=N–C) groups is 1. The highest BCUT2D eigenvalue weighted by Crippen LogP contribution is 2.30. The number of nitrogens with zero attached hydrogens (tertiary/aromatic N) is 4. The summed E-state index contributed by atoms with van der Waals surface area (Å²) in [6.45, 7) is 3.18. The minimum absolute atomic E-state index is 0.213. The van der Waals surface area contributed by atoms with E-state index in [1.807, 2.05) is 23.5 Å². The van der Waals surface area contributed by atoms with Crippen molar-refractivity contribution in [2.45, 2.75) is 13.5 Å². The molecule has 28 heavy (non-hydrogen) atoms. The lowest BCUT2D eigenvalue weighted by Gasteiger charge is -2.08. The van der Waals surface area contributed by atoms with Crippen molar-refractivity contribution in [3.05, 3.63) is 59.9 Å². The number of nitrogens with one attached hydrogen (secondary N) is 1. The van der Waals surface area contributed by atoms with Crippen molar-refractivity contribution in [1.29, 1.82) is 5.41 Å². The molecule has 0 unspecified atom stereocenters. The first-order valence-electron chi connectivity index (χ1n) is 8.89. The number of carbonyl (C=O) groups is 1. The first kappa shape index (κ1) is 17.7. The van der Waals surface area contributed by atoms with E-state index in [1.165, 1.54) is 12.4 Å². The molecule has 7 nitrogen and oxygen atoms in total. The van der Waals surface area contributed by atoms with E-state index >= 15 is 0 Å². The van der Waals surface area contributed by atoms with Gasteiger partial charge in [-0.25, -0.2) is 9.78 Å². The Morgan fingerprint density at radius 3 is 2.89 bits per heavy atom. The maximum absolute atomic E-state index is 11.3. The second-order valence-electron chi connectivity index (χ2n) is 6.46. The smallest absolute Gasteiger partial charge is 0.335 e. The number of aromatic nitrogens is 3. The quantitative estimate of drug-likeness (QED) is 0.505. The number of benzene rings is 1. The zero-order chi connectivity index (χ0) is 19.7. The van der Waals surface area contributed by atoms with Crippen LogP contribution >= 0.6 is 0 Å². The molecule has 4 rings (SSSR count). The number of rotatable bonds is 6. The summed E-state index contributed by atoms with van der Waals surface area (Å²) in [5, 5.41) is 17.4. The van der Waals surface area contributed by atoms with E-state index in [9.17, 15) is 9.90 Å². The Balaban J connectivity index is 1.88. The summed E-state index contributed by atoms with van der Waals surface area (Å²) in [6.07, 6.45) is 4.39. The van der Waals surface area contributed by atoms with Crippen LogP contribution < -0.4 is 0 Å². The third kappa shape index (κ3) is 2.96. The number of fused-ring (bicyclic) bond motifs is 2. The van der Waals surface area contributed by atoms with Crippen molar-refractivity contribution in [2.24, 2.45) is 4.99 Å². The molecular formula is C21H19N5O2. The van der Waals surface area contributed by atoms with Crippen LogP contribution in [-0.4, -0.2) is 44.0 Å². The molecule has 4 aromatic rings. The predicted octanol–water partition coefficient (Wildman–Crippen LogP) is 3.68. The second-order valence-corrected chi connectivity index (χ2v) is 6.46. The van der Waals surface area contributed by atoms with Crippen molar-refractivity contribution >= 4 is 34.9 Å². The molecule has 0 aliphatic heterocycles. The molecule has 0 saturated carbocycles. The van der Waals surface area contributed by atoms with Crippen molar-refractivity contribution in [2.75, 3.05) is 6.54 Å². The minimum Gasteiger partial charge on any atom is -0.478 e. The van der Waals surface area contributed by atoms with Crippen molar-refractivity contribution in [3.8, 4) is 11.4 Å². The number of hydrogen-bond acceptors (Lipinski definition) is 4. The first-order chi connectivity index (χ1) is 13.6. The second kappa shape index (κ2) is 7.11. The number of aromatic carboxylic acids is 1. The number of carboxylic acids is 1. The largest absolute Gasteiger partial charge is 0.478 e. The molecule has 140 valence electrons. The average Bonchev–Trinajstić information content (AvgIpc) is 3.22. The lowest BCUT2D eigenvalue weighted by atomic mass is 10.2. The molecule has 0 aliphatic rings. The summed E-state index contributed by atoms with van der Waals surface area (Å²) in [7, 11) is 0.